The van der Waals surface area contributed by atoms with Gasteiger partial charge in [0.25, 0.3) is 0 Å². The van der Waals surface area contributed by atoms with Gasteiger partial charge in [-0.1, -0.05) is 60.7 Å². The zero-order chi connectivity index (χ0) is 19.8. The minimum atomic E-state index is -3.26. The minimum absolute atomic E-state index is 0.0185. The Bertz CT molecular complexity index is 846. The van der Waals surface area contributed by atoms with Crippen molar-refractivity contribution in [3.8, 4) is 0 Å². The van der Waals surface area contributed by atoms with Crippen LogP contribution in [0.3, 0.4) is 0 Å². The summed E-state index contributed by atoms with van der Waals surface area (Å²) in [6.45, 7) is 1.37. The van der Waals surface area contributed by atoms with Crippen LogP contribution in [0.2, 0.25) is 0 Å². The molecular weight excluding hydrogens is 372 g/mol. The van der Waals surface area contributed by atoms with E-state index in [2.05, 4.69) is 5.32 Å². The summed E-state index contributed by atoms with van der Waals surface area (Å²) in [6.07, 6.45) is 2.54. The van der Waals surface area contributed by atoms with E-state index >= 15 is 0 Å². The third-order valence-electron chi connectivity index (χ3n) is 5.24. The number of hydrogen-bond donors (Lipinski definition) is 1. The van der Waals surface area contributed by atoms with Gasteiger partial charge in [0.2, 0.25) is 15.9 Å². The molecule has 0 atom stereocenters. The van der Waals surface area contributed by atoms with Gasteiger partial charge in [-0.3, -0.25) is 4.79 Å². The van der Waals surface area contributed by atoms with E-state index < -0.39 is 10.0 Å². The Morgan fingerprint density at radius 1 is 0.929 bits per heavy atom. The van der Waals surface area contributed by atoms with Crippen LogP contribution in [-0.2, 0) is 27.8 Å². The zero-order valence-corrected chi connectivity index (χ0v) is 16.9. The smallest absolute Gasteiger partial charge is 0.223 e. The Balaban J connectivity index is 1.41. The predicted octanol–water partition coefficient (Wildman–Crippen LogP) is 2.98. The maximum Gasteiger partial charge on any atom is 0.223 e. The van der Waals surface area contributed by atoms with Crippen LogP contribution in [0.5, 0.6) is 0 Å². The molecule has 0 radical (unpaired) electrons. The first-order valence-corrected chi connectivity index (χ1v) is 11.5. The lowest BCUT2D eigenvalue weighted by Crippen LogP contribution is -2.43. The van der Waals surface area contributed by atoms with Crippen molar-refractivity contribution in [1.29, 1.82) is 0 Å². The number of aryl methyl sites for hydroxylation is 1. The minimum Gasteiger partial charge on any atom is -0.352 e. The lowest BCUT2D eigenvalue weighted by atomic mass is 9.97. The highest BCUT2D eigenvalue weighted by atomic mass is 32.2. The van der Waals surface area contributed by atoms with Crippen molar-refractivity contribution in [2.75, 3.05) is 18.8 Å². The van der Waals surface area contributed by atoms with Gasteiger partial charge in [0.05, 0.1) is 5.75 Å². The molecule has 28 heavy (non-hydrogen) atoms. The fourth-order valence-electron chi connectivity index (χ4n) is 3.56. The Hall–Kier alpha value is -2.18. The molecule has 2 aromatic carbocycles. The molecule has 6 heteroatoms. The summed E-state index contributed by atoms with van der Waals surface area (Å²) in [5, 5.41) is 2.97. The van der Waals surface area contributed by atoms with Gasteiger partial charge in [-0.15, -0.1) is 0 Å². The molecule has 0 bridgehead atoms. The first-order chi connectivity index (χ1) is 13.5. The Morgan fingerprint density at radius 2 is 1.50 bits per heavy atom. The van der Waals surface area contributed by atoms with Crippen molar-refractivity contribution in [1.82, 2.24) is 9.62 Å². The van der Waals surface area contributed by atoms with Crippen molar-refractivity contribution in [3.05, 3.63) is 71.8 Å². The molecule has 1 aliphatic heterocycles. The van der Waals surface area contributed by atoms with Crippen molar-refractivity contribution in [2.24, 2.45) is 5.92 Å². The zero-order valence-electron chi connectivity index (χ0n) is 16.1. The number of amides is 1. The number of benzene rings is 2. The lowest BCUT2D eigenvalue weighted by Gasteiger charge is -2.30. The molecule has 150 valence electrons. The number of rotatable bonds is 8. The van der Waals surface area contributed by atoms with Crippen LogP contribution >= 0.6 is 0 Å². The first-order valence-electron chi connectivity index (χ1n) is 9.88. The van der Waals surface area contributed by atoms with E-state index in [4.69, 9.17) is 0 Å². The summed E-state index contributed by atoms with van der Waals surface area (Å²) in [5.41, 5.74) is 2.22. The topological polar surface area (TPSA) is 66.5 Å². The van der Waals surface area contributed by atoms with E-state index in [-0.39, 0.29) is 17.6 Å². The summed E-state index contributed by atoms with van der Waals surface area (Å²) in [4.78, 5) is 12.4. The van der Waals surface area contributed by atoms with E-state index in [0.29, 0.717) is 38.9 Å². The van der Waals surface area contributed by atoms with E-state index in [1.165, 1.54) is 0 Å². The molecule has 2 aromatic rings. The number of carbonyl (C=O) groups is 1. The first kappa shape index (κ1) is 20.6. The maximum absolute atomic E-state index is 12.6. The molecular formula is C22H28N2O3S. The van der Waals surface area contributed by atoms with Gasteiger partial charge in [0, 0.05) is 25.6 Å². The molecule has 0 aromatic heterocycles. The van der Waals surface area contributed by atoms with E-state index in [9.17, 15) is 13.2 Å². The standard InChI is InChI=1S/C22H28N2O3S/c25-22(23-18-20-10-5-2-6-11-20)21-13-15-24(16-14-21)28(26,27)17-7-12-19-8-3-1-4-9-19/h1-6,8-11,21H,7,12-18H2,(H,23,25). The molecule has 3 rings (SSSR count). The van der Waals surface area contributed by atoms with Gasteiger partial charge in [0.15, 0.2) is 0 Å². The molecule has 1 aliphatic rings. The third-order valence-corrected chi connectivity index (χ3v) is 7.19. The fraction of sp³-hybridized carbons (Fsp3) is 0.409. The average Bonchev–Trinajstić information content (AvgIpc) is 2.73. The SMILES string of the molecule is O=C(NCc1ccccc1)C1CCN(S(=O)(=O)CCCc2ccccc2)CC1. The Morgan fingerprint density at radius 3 is 2.11 bits per heavy atom. The number of carbonyl (C=O) groups excluding carboxylic acids is 1. The summed E-state index contributed by atoms with van der Waals surface area (Å²) >= 11 is 0. The van der Waals surface area contributed by atoms with Crippen molar-refractivity contribution in [3.63, 3.8) is 0 Å². The lowest BCUT2D eigenvalue weighted by molar-refractivity contribution is -0.126. The molecule has 1 heterocycles. The van der Waals surface area contributed by atoms with Crippen LogP contribution in [0.1, 0.15) is 30.4 Å². The van der Waals surface area contributed by atoms with Crippen LogP contribution in [0.15, 0.2) is 60.7 Å². The second-order valence-electron chi connectivity index (χ2n) is 7.28. The quantitative estimate of drug-likeness (QED) is 0.741. The molecule has 1 amide bonds. The molecule has 0 unspecified atom stereocenters. The predicted molar refractivity (Wildman–Crippen MR) is 111 cm³/mol. The average molecular weight is 401 g/mol. The summed E-state index contributed by atoms with van der Waals surface area (Å²) in [7, 11) is -3.26. The van der Waals surface area contributed by atoms with E-state index in [1.807, 2.05) is 60.7 Å². The molecule has 0 saturated carbocycles. The summed E-state index contributed by atoms with van der Waals surface area (Å²) in [6, 6.07) is 19.7. The number of hydrogen-bond acceptors (Lipinski definition) is 3. The second kappa shape index (κ2) is 9.85. The molecule has 1 N–H and O–H groups in total. The van der Waals surface area contributed by atoms with E-state index in [0.717, 1.165) is 17.5 Å². The summed E-state index contributed by atoms with van der Waals surface area (Å²) in [5.74, 6) is 0.0664. The van der Waals surface area contributed by atoms with E-state index in [1.54, 1.807) is 4.31 Å². The van der Waals surface area contributed by atoms with Crippen molar-refractivity contribution in [2.45, 2.75) is 32.2 Å². The highest BCUT2D eigenvalue weighted by molar-refractivity contribution is 7.89. The monoisotopic (exact) mass is 400 g/mol. The number of sulfonamides is 1. The van der Waals surface area contributed by atoms with Crippen LogP contribution in [0, 0.1) is 5.92 Å². The molecule has 1 fully saturated rings. The van der Waals surface area contributed by atoms with Crippen LogP contribution in [-0.4, -0.2) is 37.5 Å². The number of piperidine rings is 1. The largest absolute Gasteiger partial charge is 0.352 e. The molecule has 0 aliphatic carbocycles. The second-order valence-corrected chi connectivity index (χ2v) is 9.37. The van der Waals surface area contributed by atoms with Gasteiger partial charge >= 0.3 is 0 Å². The van der Waals surface area contributed by atoms with Gasteiger partial charge in [-0.2, -0.15) is 0 Å². The Labute approximate surface area is 167 Å². The molecule has 5 nitrogen and oxygen atoms in total. The van der Waals surface area contributed by atoms with Gasteiger partial charge in [-0.25, -0.2) is 12.7 Å². The highest BCUT2D eigenvalue weighted by Gasteiger charge is 2.30. The Kier molecular flexibility index (Phi) is 7.23. The van der Waals surface area contributed by atoms with Gasteiger partial charge in [-0.05, 0) is 36.8 Å². The van der Waals surface area contributed by atoms with Crippen LogP contribution in [0.25, 0.3) is 0 Å². The van der Waals surface area contributed by atoms with Gasteiger partial charge in [0.1, 0.15) is 0 Å². The van der Waals surface area contributed by atoms with Crippen molar-refractivity contribution >= 4 is 15.9 Å². The van der Waals surface area contributed by atoms with Gasteiger partial charge < -0.3 is 5.32 Å². The highest BCUT2D eigenvalue weighted by Crippen LogP contribution is 2.21. The number of nitrogens with one attached hydrogen (secondary N) is 1. The summed E-state index contributed by atoms with van der Waals surface area (Å²) < 4.78 is 26.7. The normalized spacial score (nSPS) is 16.0. The fourth-order valence-corrected chi connectivity index (χ4v) is 5.09. The van der Waals surface area contributed by atoms with Crippen LogP contribution in [0.4, 0.5) is 0 Å². The molecule has 0 spiro atoms. The third kappa shape index (κ3) is 5.91. The molecule has 1 saturated heterocycles. The van der Waals surface area contributed by atoms with Crippen LogP contribution < -0.4 is 5.32 Å². The van der Waals surface area contributed by atoms with Crippen molar-refractivity contribution < 1.29 is 13.2 Å². The number of nitrogens with zero attached hydrogens (tertiary/aromatic N) is 1. The maximum atomic E-state index is 12.6.